The fourth-order valence-electron chi connectivity index (χ4n) is 2.24. The second-order valence-electron chi connectivity index (χ2n) is 4.47. The minimum atomic E-state index is 1.26. The molecule has 0 amide bonds. The highest BCUT2D eigenvalue weighted by Crippen LogP contribution is 2.23. The van der Waals surface area contributed by atoms with Crippen molar-refractivity contribution in [2.24, 2.45) is 0 Å². The lowest BCUT2D eigenvalue weighted by Crippen LogP contribution is -2.08. The van der Waals surface area contributed by atoms with Gasteiger partial charge in [-0.05, 0) is 28.0 Å². The van der Waals surface area contributed by atoms with E-state index < -0.39 is 0 Å². The van der Waals surface area contributed by atoms with Crippen LogP contribution in [0.4, 0.5) is 0 Å². The van der Waals surface area contributed by atoms with Crippen molar-refractivity contribution in [2.75, 3.05) is 0 Å². The molecule has 3 rings (SSSR count). The summed E-state index contributed by atoms with van der Waals surface area (Å²) in [4.78, 5) is 0. The van der Waals surface area contributed by atoms with E-state index in [-0.39, 0.29) is 0 Å². The van der Waals surface area contributed by atoms with Gasteiger partial charge in [-0.2, -0.15) is 0 Å². The van der Waals surface area contributed by atoms with Crippen LogP contribution in [0.5, 0.6) is 0 Å². The molecule has 0 fully saturated rings. The fourth-order valence-corrected chi connectivity index (χ4v) is 2.24. The van der Waals surface area contributed by atoms with Crippen molar-refractivity contribution in [1.82, 2.24) is 0 Å². The summed E-state index contributed by atoms with van der Waals surface area (Å²) in [5.41, 5.74) is 3.81. The highest BCUT2D eigenvalue weighted by molar-refractivity contribution is 6.51. The molecule has 1 heteroatoms. The fraction of sp³-hybridized carbons (Fsp3) is 0.0588. The van der Waals surface area contributed by atoms with Crippen LogP contribution in [0.1, 0.15) is 0 Å². The molecule has 18 heavy (non-hydrogen) atoms. The summed E-state index contributed by atoms with van der Waals surface area (Å²) in [6.07, 6.45) is 0. The Bertz CT molecular complexity index is 669. The predicted octanol–water partition coefficient (Wildman–Crippen LogP) is 3.88. The average Bonchev–Trinajstić information content (AvgIpc) is 2.47. The van der Waals surface area contributed by atoms with Gasteiger partial charge in [-0.15, -0.1) is 0 Å². The summed E-state index contributed by atoms with van der Waals surface area (Å²) in [7, 11) is 2.12. The van der Waals surface area contributed by atoms with E-state index >= 15 is 0 Å². The maximum atomic E-state index is 2.25. The molecular weight excluding hydrogens is 215 g/mol. The zero-order chi connectivity index (χ0) is 12.4. The Balaban J connectivity index is 2.07. The molecule has 1 radical (unpaired) electrons. The van der Waals surface area contributed by atoms with Crippen molar-refractivity contribution in [2.45, 2.75) is 6.82 Å². The Morgan fingerprint density at radius 1 is 0.667 bits per heavy atom. The van der Waals surface area contributed by atoms with Gasteiger partial charge in [-0.1, -0.05) is 72.9 Å². The van der Waals surface area contributed by atoms with Crippen LogP contribution >= 0.6 is 0 Å². The van der Waals surface area contributed by atoms with Gasteiger partial charge in [0.1, 0.15) is 7.28 Å². The monoisotopic (exact) mass is 229 g/mol. The third-order valence-electron chi connectivity index (χ3n) is 3.33. The molecular formula is C17H14B. The molecule has 0 atom stereocenters. The Labute approximate surface area is 109 Å². The molecule has 0 aliphatic heterocycles. The van der Waals surface area contributed by atoms with Crippen molar-refractivity contribution in [3.63, 3.8) is 0 Å². The van der Waals surface area contributed by atoms with Crippen molar-refractivity contribution in [3.8, 4) is 11.1 Å². The van der Waals surface area contributed by atoms with Gasteiger partial charge in [-0.3, -0.25) is 0 Å². The van der Waals surface area contributed by atoms with Crippen molar-refractivity contribution in [1.29, 1.82) is 0 Å². The quantitative estimate of drug-likeness (QED) is 0.585. The maximum Gasteiger partial charge on any atom is 0.148 e. The highest BCUT2D eigenvalue weighted by atomic mass is 14.0. The standard InChI is InChI=1S/C17H14B/c1-18-17-10-8-14(9-11-17)16-7-6-13-4-2-3-5-15(13)12-16/h2-12H,1H3. The molecule has 3 aromatic carbocycles. The van der Waals surface area contributed by atoms with E-state index in [1.54, 1.807) is 0 Å². The summed E-state index contributed by atoms with van der Waals surface area (Å²) in [5.74, 6) is 0. The summed E-state index contributed by atoms with van der Waals surface area (Å²) in [6, 6.07) is 23.8. The molecule has 0 aliphatic carbocycles. The molecule has 0 N–H and O–H groups in total. The van der Waals surface area contributed by atoms with E-state index in [9.17, 15) is 0 Å². The molecule has 0 aromatic heterocycles. The Morgan fingerprint density at radius 3 is 2.06 bits per heavy atom. The van der Waals surface area contributed by atoms with E-state index in [4.69, 9.17) is 0 Å². The third kappa shape index (κ3) is 2.04. The van der Waals surface area contributed by atoms with Crippen LogP contribution in [0.15, 0.2) is 66.7 Å². The van der Waals surface area contributed by atoms with Gasteiger partial charge in [0.25, 0.3) is 0 Å². The van der Waals surface area contributed by atoms with E-state index in [0.717, 1.165) is 0 Å². The largest absolute Gasteiger partial charge is 0.148 e. The Morgan fingerprint density at radius 2 is 1.33 bits per heavy atom. The van der Waals surface area contributed by atoms with Gasteiger partial charge < -0.3 is 0 Å². The average molecular weight is 229 g/mol. The molecule has 0 aliphatic rings. The van der Waals surface area contributed by atoms with Gasteiger partial charge in [0.15, 0.2) is 0 Å². The van der Waals surface area contributed by atoms with Crippen LogP contribution in [0.2, 0.25) is 6.82 Å². The smallest absolute Gasteiger partial charge is 0.0881 e. The zero-order valence-electron chi connectivity index (χ0n) is 10.4. The zero-order valence-corrected chi connectivity index (χ0v) is 10.4. The van der Waals surface area contributed by atoms with Gasteiger partial charge in [-0.25, -0.2) is 0 Å². The van der Waals surface area contributed by atoms with Crippen LogP contribution in [0, 0.1) is 0 Å². The van der Waals surface area contributed by atoms with Gasteiger partial charge in [0, 0.05) is 0 Å². The molecule has 0 unspecified atom stereocenters. The van der Waals surface area contributed by atoms with Gasteiger partial charge >= 0.3 is 0 Å². The third-order valence-corrected chi connectivity index (χ3v) is 3.33. The second-order valence-corrected chi connectivity index (χ2v) is 4.47. The first-order valence-electron chi connectivity index (χ1n) is 6.25. The minimum Gasteiger partial charge on any atom is -0.0881 e. The van der Waals surface area contributed by atoms with Crippen LogP contribution in [0.25, 0.3) is 21.9 Å². The van der Waals surface area contributed by atoms with E-state index in [1.807, 2.05) is 0 Å². The maximum absolute atomic E-state index is 2.25. The number of hydrogen-bond acceptors (Lipinski definition) is 0. The van der Waals surface area contributed by atoms with Gasteiger partial charge in [0.2, 0.25) is 0 Å². The topological polar surface area (TPSA) is 0 Å². The van der Waals surface area contributed by atoms with Gasteiger partial charge in [0.05, 0.1) is 0 Å². The summed E-state index contributed by atoms with van der Waals surface area (Å²) in [6.45, 7) is 2.06. The van der Waals surface area contributed by atoms with E-state index in [2.05, 4.69) is 80.8 Å². The molecule has 0 nitrogen and oxygen atoms in total. The molecule has 0 spiro atoms. The summed E-state index contributed by atoms with van der Waals surface area (Å²) < 4.78 is 0. The normalized spacial score (nSPS) is 10.5. The van der Waals surface area contributed by atoms with Crippen molar-refractivity contribution in [3.05, 3.63) is 66.7 Å². The molecule has 85 valence electrons. The molecule has 0 saturated heterocycles. The molecule has 0 saturated carbocycles. The van der Waals surface area contributed by atoms with Crippen LogP contribution < -0.4 is 5.46 Å². The van der Waals surface area contributed by atoms with Crippen LogP contribution in [0.3, 0.4) is 0 Å². The second kappa shape index (κ2) is 4.69. The van der Waals surface area contributed by atoms with Crippen LogP contribution in [-0.4, -0.2) is 7.28 Å². The summed E-state index contributed by atoms with van der Waals surface area (Å²) in [5, 5.41) is 2.58. The van der Waals surface area contributed by atoms with Crippen molar-refractivity contribution >= 4 is 23.5 Å². The molecule has 3 aromatic rings. The predicted molar refractivity (Wildman–Crippen MR) is 80.6 cm³/mol. The SMILES string of the molecule is C[B]c1ccc(-c2ccc3ccccc3c2)cc1. The van der Waals surface area contributed by atoms with Crippen molar-refractivity contribution < 1.29 is 0 Å². The number of benzene rings is 3. The lowest BCUT2D eigenvalue weighted by Gasteiger charge is -2.05. The van der Waals surface area contributed by atoms with E-state index in [1.165, 1.54) is 27.4 Å². The minimum absolute atomic E-state index is 1.26. The molecule has 0 bridgehead atoms. The lowest BCUT2D eigenvalue weighted by molar-refractivity contribution is 1.66. The first kappa shape index (κ1) is 11.1. The first-order valence-corrected chi connectivity index (χ1v) is 6.25. The summed E-state index contributed by atoms with van der Waals surface area (Å²) >= 11 is 0. The highest BCUT2D eigenvalue weighted by Gasteiger charge is 1.99. The van der Waals surface area contributed by atoms with E-state index in [0.29, 0.717) is 0 Å². The molecule has 0 heterocycles. The number of fused-ring (bicyclic) bond motifs is 1. The Kier molecular flexibility index (Phi) is 2.89. The van der Waals surface area contributed by atoms with Crippen LogP contribution in [-0.2, 0) is 0 Å². The number of rotatable bonds is 2. The lowest BCUT2D eigenvalue weighted by atomic mass is 9.73. The first-order chi connectivity index (χ1) is 8.86. The Hall–Kier alpha value is -2.02. The number of hydrogen-bond donors (Lipinski definition) is 0.